The minimum absolute atomic E-state index is 0. The molecule has 0 aromatic heterocycles. The second kappa shape index (κ2) is 27.8. The predicted molar refractivity (Wildman–Crippen MR) is 397 cm³/mol. The number of fused-ring (bicyclic) bond motifs is 2. The fourth-order valence-electron chi connectivity index (χ4n) is 13.5. The first-order chi connectivity index (χ1) is 49.0. The molecule has 548 valence electrons. The summed E-state index contributed by atoms with van der Waals surface area (Å²) in [5.41, 5.74) is 5.57. The number of benzene rings is 9. The monoisotopic (exact) mass is 1430 g/mol. The predicted octanol–water partition coefficient (Wildman–Crippen LogP) is 15.6. The molecule has 6 amide bonds. The van der Waals surface area contributed by atoms with Crippen molar-refractivity contribution < 1.29 is 81.0 Å². The van der Waals surface area contributed by atoms with Crippen LogP contribution in [0.5, 0.6) is 46.0 Å². The molecule has 21 heteroatoms. The topological polar surface area (TPSA) is 248 Å². The molecule has 9 aromatic carbocycles. The highest BCUT2D eigenvalue weighted by Gasteiger charge is 2.43. The van der Waals surface area contributed by atoms with Gasteiger partial charge in [0.2, 0.25) is 11.8 Å². The van der Waals surface area contributed by atoms with E-state index in [-0.39, 0.29) is 165 Å². The van der Waals surface area contributed by atoms with Crippen LogP contribution in [0.1, 0.15) is 182 Å². The van der Waals surface area contributed by atoms with Gasteiger partial charge in [-0.05, 0) is 142 Å². The average Bonchev–Trinajstić information content (AvgIpc) is 1.60. The van der Waals surface area contributed by atoms with Crippen LogP contribution in [0.25, 0.3) is 43.1 Å². The zero-order valence-corrected chi connectivity index (χ0v) is 62.3. The van der Waals surface area contributed by atoms with Crippen LogP contribution in [0.2, 0.25) is 0 Å². The summed E-state index contributed by atoms with van der Waals surface area (Å²) in [6.07, 6.45) is -0.517. The van der Waals surface area contributed by atoms with Crippen molar-refractivity contribution >= 4 is 90.5 Å². The maximum Gasteiger partial charge on any atom is 0.326 e. The highest BCUT2D eigenvalue weighted by Crippen LogP contribution is 2.58. The second-order valence-electron chi connectivity index (χ2n) is 31.9. The molecular weight excluding hydrogens is 1340 g/mol. The number of rotatable bonds is 22. The molecule has 9 aromatic rings. The number of hydrogen-bond acceptors (Lipinski definition) is 16. The van der Waals surface area contributed by atoms with E-state index in [1.54, 1.807) is 24.3 Å². The van der Waals surface area contributed by atoms with Gasteiger partial charge in [0.1, 0.15) is 72.3 Å². The van der Waals surface area contributed by atoms with Gasteiger partial charge in [-0.1, -0.05) is 132 Å². The molecule has 4 aliphatic rings. The Kier molecular flexibility index (Phi) is 19.7. The molecule has 0 spiro atoms. The van der Waals surface area contributed by atoms with E-state index in [2.05, 4.69) is 93.7 Å². The number of hydrogen-bond donors (Lipinski definition) is 2. The third-order valence-corrected chi connectivity index (χ3v) is 19.7. The van der Waals surface area contributed by atoms with Crippen LogP contribution in [0.3, 0.4) is 0 Å². The molecule has 2 fully saturated rings. The number of nitrogens with zero attached hydrogens (tertiary/aromatic N) is 2. The van der Waals surface area contributed by atoms with Crippen molar-refractivity contribution in [2.45, 2.75) is 157 Å². The van der Waals surface area contributed by atoms with E-state index in [0.717, 1.165) is 54.3 Å². The first-order valence-corrected chi connectivity index (χ1v) is 35.3. The van der Waals surface area contributed by atoms with Crippen molar-refractivity contribution in [2.75, 3.05) is 52.6 Å². The minimum Gasteiger partial charge on any atom is -0.464 e. The van der Waals surface area contributed by atoms with Gasteiger partial charge in [0.05, 0.1) is 60.5 Å². The SMILES string of the molecule is Cc1cc(C(C)(C)C)ccc1Oc1cc2c3c(cc(Oc4ccc(C(C)(C)C)cc4C)c4c5c(Oc6ccc(C(C)(C)C)cc6C)cc6c7c(cc(Oc8ccc(C(C)(C)C)cc8C)c(c1c34)c75)C(=O)N(CC(=O)OCCC(=O)NCC1CO1)C6=O)C(=O)N(CC(=O)OCCC(=O)NCC1CO1)C2=O.F. The maximum absolute atomic E-state index is 15.9. The fourth-order valence-corrected chi connectivity index (χ4v) is 13.5. The minimum atomic E-state index is -0.954. The summed E-state index contributed by atoms with van der Waals surface area (Å²) < 4.78 is 51.1. The Bertz CT molecular complexity index is 4540. The van der Waals surface area contributed by atoms with Crippen molar-refractivity contribution in [3.8, 4) is 46.0 Å². The van der Waals surface area contributed by atoms with Gasteiger partial charge in [-0.25, -0.2) is 0 Å². The molecule has 2 unspecified atom stereocenters. The van der Waals surface area contributed by atoms with Crippen molar-refractivity contribution in [3.63, 3.8) is 0 Å². The van der Waals surface area contributed by atoms with Gasteiger partial charge < -0.3 is 48.5 Å². The zero-order chi connectivity index (χ0) is 74.5. The van der Waals surface area contributed by atoms with Gasteiger partial charge in [0, 0.05) is 56.2 Å². The Balaban J connectivity index is 0.0000104. The van der Waals surface area contributed by atoms with E-state index < -0.39 is 48.7 Å². The lowest BCUT2D eigenvalue weighted by molar-refractivity contribution is -0.145. The number of nitrogens with one attached hydrogen (secondary N) is 2. The number of epoxide rings is 2. The van der Waals surface area contributed by atoms with Gasteiger partial charge in [-0.15, -0.1) is 0 Å². The van der Waals surface area contributed by atoms with Gasteiger partial charge in [-0.2, -0.15) is 0 Å². The van der Waals surface area contributed by atoms with Gasteiger partial charge >= 0.3 is 11.9 Å². The first kappa shape index (κ1) is 74.2. The van der Waals surface area contributed by atoms with Crippen molar-refractivity contribution in [1.29, 1.82) is 0 Å². The zero-order valence-electron chi connectivity index (χ0n) is 62.3. The molecule has 2 atom stereocenters. The molecule has 20 nitrogen and oxygen atoms in total. The Morgan fingerprint density at radius 3 is 0.848 bits per heavy atom. The van der Waals surface area contributed by atoms with Gasteiger partial charge in [-0.3, -0.25) is 52.9 Å². The molecule has 105 heavy (non-hydrogen) atoms. The summed E-state index contributed by atoms with van der Waals surface area (Å²) in [5, 5.41) is 7.33. The molecule has 0 aliphatic carbocycles. The Morgan fingerprint density at radius 1 is 0.381 bits per heavy atom. The largest absolute Gasteiger partial charge is 0.464 e. The van der Waals surface area contributed by atoms with E-state index in [9.17, 15) is 19.2 Å². The Hall–Kier alpha value is -10.5. The molecule has 0 saturated carbocycles. The lowest BCUT2D eigenvalue weighted by Crippen LogP contribution is -2.44. The highest BCUT2D eigenvalue weighted by atomic mass is 19.0. The van der Waals surface area contributed by atoms with Crippen LogP contribution in [0, 0.1) is 27.7 Å². The lowest BCUT2D eigenvalue weighted by Gasteiger charge is -2.32. The summed E-state index contributed by atoms with van der Waals surface area (Å²) in [7, 11) is 0. The van der Waals surface area contributed by atoms with Crippen molar-refractivity contribution in [1.82, 2.24) is 20.4 Å². The normalized spacial score (nSPS) is 15.7. The number of ether oxygens (including phenoxy) is 8. The Labute approximate surface area is 608 Å². The van der Waals surface area contributed by atoms with E-state index in [1.165, 1.54) is 0 Å². The number of halogens is 1. The quantitative estimate of drug-likeness (QED) is 0.0210. The molecule has 2 N–H and O–H groups in total. The van der Waals surface area contributed by atoms with E-state index in [0.29, 0.717) is 49.3 Å². The van der Waals surface area contributed by atoms with Crippen LogP contribution in [0.15, 0.2) is 97.1 Å². The highest BCUT2D eigenvalue weighted by molar-refractivity contribution is 6.45. The van der Waals surface area contributed by atoms with Crippen LogP contribution in [-0.2, 0) is 59.8 Å². The van der Waals surface area contributed by atoms with Crippen LogP contribution >= 0.6 is 0 Å². The third kappa shape index (κ3) is 14.9. The summed E-state index contributed by atoms with van der Waals surface area (Å²) in [6.45, 7) is 32.1. The van der Waals surface area contributed by atoms with Crippen molar-refractivity contribution in [3.05, 3.63) is 164 Å². The van der Waals surface area contributed by atoms with Gasteiger partial charge in [0.15, 0.2) is 0 Å². The van der Waals surface area contributed by atoms with Crippen LogP contribution < -0.4 is 29.6 Å². The number of aryl methyl sites for hydroxylation is 4. The molecule has 4 heterocycles. The number of esters is 2. The van der Waals surface area contributed by atoms with Crippen molar-refractivity contribution in [2.24, 2.45) is 0 Å². The molecule has 0 radical (unpaired) electrons. The first-order valence-electron chi connectivity index (χ1n) is 35.3. The maximum atomic E-state index is 15.9. The second-order valence-corrected chi connectivity index (χ2v) is 31.9. The molecule has 13 rings (SSSR count). The number of amides is 6. The average molecular weight is 1430 g/mol. The van der Waals surface area contributed by atoms with Gasteiger partial charge in [0.25, 0.3) is 23.6 Å². The molecule has 4 aliphatic heterocycles. The molecular formula is C84H89FN4O16. The number of imide groups is 2. The summed E-state index contributed by atoms with van der Waals surface area (Å²) in [4.78, 5) is 119. The molecule has 0 bridgehead atoms. The molecule has 2 saturated heterocycles. The van der Waals surface area contributed by atoms with Crippen LogP contribution in [0.4, 0.5) is 4.70 Å². The van der Waals surface area contributed by atoms with Crippen LogP contribution in [-0.4, -0.2) is 122 Å². The summed E-state index contributed by atoms with van der Waals surface area (Å²) in [5.74, 6) is -4.42. The smallest absolute Gasteiger partial charge is 0.326 e. The standard InChI is InChI=1S/C84H88N4O16.FH/c1-43-29-47(81(5,6)7)17-21-57(43)101-61-33-53-69-54(78(94)87(77(53)93)39-67(91)97-27-25-65(89)85-37-51-41-99-51)35-63(103-59-23-19-49(31-45(59)3)83(11,12)13)73-74-64(104-60-24-20-50(32-46(60)4)84(14,15)16)36-56-70-55(79(95)88(80(56)96)40-68(92)98-28-26-66(90)86-38-52-42-100-52)34-62(72(76(70)74)71(61)75(69)73)102-58-22-18-48(30-44(58)2)82(8,9)10;/h17-24,29-36,51-52H,25-28,37-42H2,1-16H3,(H,85,89)(H,86,90);1H. The van der Waals surface area contributed by atoms with E-state index in [4.69, 9.17) is 37.9 Å². The third-order valence-electron chi connectivity index (χ3n) is 19.7. The number of carbonyl (C=O) groups excluding carboxylic acids is 8. The summed E-state index contributed by atoms with van der Waals surface area (Å²) >= 11 is 0. The van der Waals surface area contributed by atoms with E-state index >= 15 is 19.2 Å². The Morgan fingerprint density at radius 2 is 0.629 bits per heavy atom. The number of carbonyl (C=O) groups is 8. The van der Waals surface area contributed by atoms with E-state index in [1.807, 2.05) is 100 Å². The summed E-state index contributed by atoms with van der Waals surface area (Å²) in [6, 6.07) is 29.5. The lowest BCUT2D eigenvalue weighted by atomic mass is 9.80. The fraction of sp³-hybridized carbons (Fsp3) is 0.381.